The molecule has 0 spiro atoms. The van der Waals surface area contributed by atoms with E-state index in [9.17, 15) is 13.2 Å². The Morgan fingerprint density at radius 3 is 2.50 bits per heavy atom. The second-order valence-electron chi connectivity index (χ2n) is 5.59. The van der Waals surface area contributed by atoms with Crippen LogP contribution in [0.1, 0.15) is 22.3 Å². The van der Waals surface area contributed by atoms with Gasteiger partial charge in [-0.05, 0) is 55.3 Å². The van der Waals surface area contributed by atoms with Gasteiger partial charge in [0.1, 0.15) is 5.75 Å². The summed E-state index contributed by atoms with van der Waals surface area (Å²) in [5.41, 5.74) is 1.50. The number of carbonyl (C=O) groups is 1. The van der Waals surface area contributed by atoms with Crippen LogP contribution in [-0.4, -0.2) is 34.6 Å². The molecule has 0 bridgehead atoms. The van der Waals surface area contributed by atoms with E-state index < -0.39 is 10.0 Å². The molecule has 0 unspecified atom stereocenters. The fraction of sp³-hybridized carbons (Fsp3) is 0.278. The second-order valence-corrected chi connectivity index (χ2v) is 7.23. The molecule has 0 saturated carbocycles. The van der Waals surface area contributed by atoms with Gasteiger partial charge in [-0.2, -0.15) is 0 Å². The van der Waals surface area contributed by atoms with Crippen molar-refractivity contribution in [2.75, 3.05) is 20.3 Å². The molecule has 2 N–H and O–H groups in total. The average Bonchev–Trinajstić information content (AvgIpc) is 2.61. The van der Waals surface area contributed by atoms with Crippen LogP contribution < -0.4 is 14.9 Å². The molecule has 0 saturated heterocycles. The van der Waals surface area contributed by atoms with Gasteiger partial charge in [0.2, 0.25) is 0 Å². The highest BCUT2D eigenvalue weighted by molar-refractivity contribution is 7.89. The van der Waals surface area contributed by atoms with Gasteiger partial charge < -0.3 is 10.1 Å². The summed E-state index contributed by atoms with van der Waals surface area (Å²) in [5.74, 6) is 0.530. The van der Waals surface area contributed by atoms with Gasteiger partial charge in [-0.25, -0.2) is 8.42 Å². The van der Waals surface area contributed by atoms with Crippen LogP contribution in [0.15, 0.2) is 53.4 Å². The minimum absolute atomic E-state index is 0.0162. The minimum atomic E-state index is -3.73. The van der Waals surface area contributed by atoms with Crippen molar-refractivity contribution >= 4 is 15.9 Å². The standard InChI is InChI=1S/C18H22N2O5S/c1-14-5-3-6-16(13-14)25-12-4-11-19-18(21)15-7-9-17(10-8-15)26(22,23)20-24-2/h3,5-10,13,20H,4,11-12H2,1-2H3,(H,19,21). The molecule has 0 atom stereocenters. The molecule has 140 valence electrons. The Kier molecular flexibility index (Phi) is 7.14. The molecule has 1 amide bonds. The van der Waals surface area contributed by atoms with E-state index in [2.05, 4.69) is 10.2 Å². The molecule has 2 aromatic carbocycles. The van der Waals surface area contributed by atoms with Crippen LogP contribution in [0.4, 0.5) is 0 Å². The topological polar surface area (TPSA) is 93.7 Å². The number of benzene rings is 2. The van der Waals surface area contributed by atoms with E-state index in [0.717, 1.165) is 11.3 Å². The van der Waals surface area contributed by atoms with Crippen LogP contribution in [0.25, 0.3) is 0 Å². The van der Waals surface area contributed by atoms with Crippen LogP contribution >= 0.6 is 0 Å². The fourth-order valence-corrected chi connectivity index (χ4v) is 3.02. The van der Waals surface area contributed by atoms with E-state index in [0.29, 0.717) is 25.1 Å². The number of nitrogens with one attached hydrogen (secondary N) is 2. The Balaban J connectivity index is 1.77. The van der Waals surface area contributed by atoms with Crippen LogP contribution in [0, 0.1) is 6.92 Å². The lowest BCUT2D eigenvalue weighted by molar-refractivity contribution is 0.0951. The Bertz CT molecular complexity index is 835. The fourth-order valence-electron chi connectivity index (χ4n) is 2.21. The first-order valence-electron chi connectivity index (χ1n) is 8.05. The van der Waals surface area contributed by atoms with E-state index in [1.54, 1.807) is 0 Å². The lowest BCUT2D eigenvalue weighted by Crippen LogP contribution is -2.26. The van der Waals surface area contributed by atoms with Crippen molar-refractivity contribution < 1.29 is 22.8 Å². The Morgan fingerprint density at radius 1 is 1.12 bits per heavy atom. The molecule has 0 fully saturated rings. The molecule has 0 aliphatic rings. The van der Waals surface area contributed by atoms with Gasteiger partial charge >= 0.3 is 0 Å². The number of hydrogen-bond donors (Lipinski definition) is 2. The molecule has 0 heterocycles. The first kappa shape index (κ1) is 19.9. The monoisotopic (exact) mass is 378 g/mol. The van der Waals surface area contributed by atoms with Gasteiger partial charge in [0.05, 0.1) is 18.6 Å². The van der Waals surface area contributed by atoms with Crippen molar-refractivity contribution in [2.24, 2.45) is 0 Å². The maximum absolute atomic E-state index is 12.1. The Labute approximate surface area is 153 Å². The summed E-state index contributed by atoms with van der Waals surface area (Å²) >= 11 is 0. The highest BCUT2D eigenvalue weighted by Crippen LogP contribution is 2.12. The van der Waals surface area contributed by atoms with Gasteiger partial charge in [0.25, 0.3) is 15.9 Å². The van der Waals surface area contributed by atoms with Crippen molar-refractivity contribution in [3.05, 3.63) is 59.7 Å². The summed E-state index contributed by atoms with van der Waals surface area (Å²) in [6.45, 7) is 2.94. The van der Waals surface area contributed by atoms with Crippen molar-refractivity contribution in [2.45, 2.75) is 18.2 Å². The average molecular weight is 378 g/mol. The van der Waals surface area contributed by atoms with E-state index in [4.69, 9.17) is 4.74 Å². The number of sulfonamides is 1. The first-order valence-corrected chi connectivity index (χ1v) is 9.53. The highest BCUT2D eigenvalue weighted by Gasteiger charge is 2.14. The molecule has 8 heteroatoms. The van der Waals surface area contributed by atoms with E-state index in [1.165, 1.54) is 31.4 Å². The van der Waals surface area contributed by atoms with Crippen molar-refractivity contribution in [3.63, 3.8) is 0 Å². The van der Waals surface area contributed by atoms with Crippen LogP contribution in [-0.2, 0) is 14.9 Å². The van der Waals surface area contributed by atoms with Gasteiger partial charge in [-0.3, -0.25) is 9.63 Å². The zero-order chi connectivity index (χ0) is 19.0. The number of rotatable bonds is 9. The van der Waals surface area contributed by atoms with Crippen LogP contribution in [0.3, 0.4) is 0 Å². The molecular formula is C18H22N2O5S. The predicted octanol–water partition coefficient (Wildman–Crippen LogP) is 2.03. The highest BCUT2D eigenvalue weighted by atomic mass is 32.2. The SMILES string of the molecule is CONS(=O)(=O)c1ccc(C(=O)NCCCOc2cccc(C)c2)cc1. The molecule has 0 aromatic heterocycles. The quantitative estimate of drug-likeness (QED) is 0.514. The van der Waals surface area contributed by atoms with E-state index >= 15 is 0 Å². The van der Waals surface area contributed by atoms with Crippen molar-refractivity contribution in [3.8, 4) is 5.75 Å². The molecule has 26 heavy (non-hydrogen) atoms. The van der Waals surface area contributed by atoms with Gasteiger partial charge in [0, 0.05) is 12.1 Å². The van der Waals surface area contributed by atoms with Gasteiger partial charge in [-0.1, -0.05) is 17.0 Å². The number of carbonyl (C=O) groups excluding carboxylic acids is 1. The first-order chi connectivity index (χ1) is 12.4. The third-order valence-corrected chi connectivity index (χ3v) is 4.76. The summed E-state index contributed by atoms with van der Waals surface area (Å²) in [4.78, 5) is 18.4. The van der Waals surface area contributed by atoms with Gasteiger partial charge in [0.15, 0.2) is 0 Å². The zero-order valence-electron chi connectivity index (χ0n) is 14.7. The summed E-state index contributed by atoms with van der Waals surface area (Å²) in [5, 5.41) is 2.77. The third kappa shape index (κ3) is 5.83. The van der Waals surface area contributed by atoms with Crippen LogP contribution in [0.5, 0.6) is 5.75 Å². The number of ether oxygens (including phenoxy) is 1. The lowest BCUT2D eigenvalue weighted by atomic mass is 10.2. The molecule has 2 aromatic rings. The minimum Gasteiger partial charge on any atom is -0.494 e. The molecule has 2 rings (SSSR count). The summed E-state index contributed by atoms with van der Waals surface area (Å²) in [6.07, 6.45) is 0.657. The Hall–Kier alpha value is -2.42. The number of amides is 1. The molecule has 7 nitrogen and oxygen atoms in total. The number of aryl methyl sites for hydroxylation is 1. The molecule has 0 aliphatic carbocycles. The second kappa shape index (κ2) is 9.33. The summed E-state index contributed by atoms with van der Waals surface area (Å²) in [7, 11) is -2.52. The van der Waals surface area contributed by atoms with Crippen molar-refractivity contribution in [1.82, 2.24) is 10.2 Å². The third-order valence-electron chi connectivity index (χ3n) is 3.48. The van der Waals surface area contributed by atoms with Gasteiger partial charge in [-0.15, -0.1) is 0 Å². The maximum atomic E-state index is 12.1. The van der Waals surface area contributed by atoms with E-state index in [1.807, 2.05) is 36.1 Å². The predicted molar refractivity (Wildman–Crippen MR) is 97.4 cm³/mol. The molecule has 0 aliphatic heterocycles. The summed E-state index contributed by atoms with van der Waals surface area (Å²) < 4.78 is 29.1. The number of hydrogen-bond acceptors (Lipinski definition) is 5. The molecular weight excluding hydrogens is 356 g/mol. The molecule has 0 radical (unpaired) electrons. The van der Waals surface area contributed by atoms with Crippen LogP contribution in [0.2, 0.25) is 0 Å². The maximum Gasteiger partial charge on any atom is 0.262 e. The smallest absolute Gasteiger partial charge is 0.262 e. The normalized spacial score (nSPS) is 11.2. The largest absolute Gasteiger partial charge is 0.494 e. The lowest BCUT2D eigenvalue weighted by Gasteiger charge is -2.09. The summed E-state index contributed by atoms with van der Waals surface area (Å²) in [6, 6.07) is 13.3. The zero-order valence-corrected chi connectivity index (χ0v) is 15.5. The van der Waals surface area contributed by atoms with E-state index in [-0.39, 0.29) is 10.8 Å². The Morgan fingerprint density at radius 2 is 1.85 bits per heavy atom. The van der Waals surface area contributed by atoms with Crippen molar-refractivity contribution in [1.29, 1.82) is 0 Å².